The Labute approximate surface area is 138 Å². The number of hydrogen-bond donors (Lipinski definition) is 4. The zero-order chi connectivity index (χ0) is 17.5. The molecule has 0 unspecified atom stereocenters. The number of carbonyl (C=O) groups excluding carboxylic acids is 2. The molecular formula is C14H19N7O3. The fourth-order valence-electron chi connectivity index (χ4n) is 1.80. The third-order valence-electron chi connectivity index (χ3n) is 3.05. The number of nitrogens with two attached hydrogens (primary N) is 1. The fourth-order valence-corrected chi connectivity index (χ4v) is 1.80. The van der Waals surface area contributed by atoms with Gasteiger partial charge in [0.2, 0.25) is 11.9 Å². The van der Waals surface area contributed by atoms with E-state index in [0.717, 1.165) is 0 Å². The van der Waals surface area contributed by atoms with Gasteiger partial charge in [0.15, 0.2) is 0 Å². The first-order chi connectivity index (χ1) is 11.5. The van der Waals surface area contributed by atoms with Crippen LogP contribution in [-0.4, -0.2) is 59.3 Å². The number of hydrogen-bond acceptors (Lipinski definition) is 7. The van der Waals surface area contributed by atoms with Crippen LogP contribution in [0.3, 0.4) is 0 Å². The number of aromatic amines is 1. The summed E-state index contributed by atoms with van der Waals surface area (Å²) >= 11 is 0. The molecule has 128 valence electrons. The number of likely N-dealkylation sites (N-methyl/N-ethyl adjacent to an activating group) is 1. The Morgan fingerprint density at radius 1 is 1.38 bits per heavy atom. The highest BCUT2D eigenvalue weighted by Crippen LogP contribution is 2.20. The van der Waals surface area contributed by atoms with Gasteiger partial charge < -0.3 is 20.7 Å². The summed E-state index contributed by atoms with van der Waals surface area (Å²) in [5, 5.41) is 11.7. The van der Waals surface area contributed by atoms with Crippen LogP contribution in [0.25, 0.3) is 0 Å². The van der Waals surface area contributed by atoms with Gasteiger partial charge in [-0.25, -0.2) is 9.89 Å². The number of nitrogens with one attached hydrogen (secondary N) is 3. The first kappa shape index (κ1) is 17.2. The summed E-state index contributed by atoms with van der Waals surface area (Å²) in [6.07, 6.45) is -0.599. The molecule has 0 fully saturated rings. The molecule has 0 aliphatic rings. The van der Waals surface area contributed by atoms with Crippen LogP contribution in [0.1, 0.15) is 10.4 Å². The highest BCUT2D eigenvalue weighted by Gasteiger charge is 2.18. The Kier molecular flexibility index (Phi) is 5.68. The van der Waals surface area contributed by atoms with Gasteiger partial charge in [-0.1, -0.05) is 12.1 Å². The van der Waals surface area contributed by atoms with Crippen LogP contribution in [0.5, 0.6) is 5.75 Å². The van der Waals surface area contributed by atoms with E-state index in [0.29, 0.717) is 19.0 Å². The van der Waals surface area contributed by atoms with E-state index >= 15 is 0 Å². The van der Waals surface area contributed by atoms with Gasteiger partial charge in [0.1, 0.15) is 5.75 Å². The molecule has 24 heavy (non-hydrogen) atoms. The first-order valence-corrected chi connectivity index (χ1v) is 7.18. The van der Waals surface area contributed by atoms with Crippen molar-refractivity contribution >= 4 is 23.9 Å². The molecule has 0 aliphatic carbocycles. The molecule has 2 aromatic rings. The smallest absolute Gasteiger partial charge is 0.409 e. The van der Waals surface area contributed by atoms with E-state index in [-0.39, 0.29) is 17.3 Å². The number of para-hydroxylation sites is 1. The predicted molar refractivity (Wildman–Crippen MR) is 88.0 cm³/mol. The van der Waals surface area contributed by atoms with Crippen LogP contribution < -0.4 is 21.1 Å². The summed E-state index contributed by atoms with van der Waals surface area (Å²) < 4.78 is 5.26. The summed E-state index contributed by atoms with van der Waals surface area (Å²) in [6.45, 7) is 0.658. The minimum Gasteiger partial charge on any atom is -0.409 e. The van der Waals surface area contributed by atoms with Crippen LogP contribution in [0.4, 0.5) is 16.7 Å². The number of nitrogens with zero attached hydrogens (tertiary/aromatic N) is 3. The molecule has 0 saturated carbocycles. The van der Waals surface area contributed by atoms with Crippen LogP contribution in [-0.2, 0) is 0 Å². The standard InChI is InChI=1S/C14H19N7O3/c1-16-12-18-13(20-19-12)17-11(22)9-5-3-4-6-10(9)24-14(23)21(2)8-7-15/h3-6H,7-8,15H2,1-2H3,(H3,16,17,18,19,20,22). The van der Waals surface area contributed by atoms with Crippen LogP contribution in [0.15, 0.2) is 24.3 Å². The Hall–Kier alpha value is -3.14. The summed E-state index contributed by atoms with van der Waals surface area (Å²) in [6, 6.07) is 6.39. The zero-order valence-electron chi connectivity index (χ0n) is 13.4. The van der Waals surface area contributed by atoms with Crippen molar-refractivity contribution in [1.29, 1.82) is 0 Å². The second-order valence-corrected chi connectivity index (χ2v) is 4.79. The maximum atomic E-state index is 12.4. The van der Waals surface area contributed by atoms with Crippen molar-refractivity contribution in [2.24, 2.45) is 5.73 Å². The monoisotopic (exact) mass is 333 g/mol. The van der Waals surface area contributed by atoms with Gasteiger partial charge in [0, 0.05) is 27.2 Å². The number of amides is 2. The summed E-state index contributed by atoms with van der Waals surface area (Å²) in [5.74, 6) is 0.162. The molecule has 0 bridgehead atoms. The number of rotatable bonds is 6. The van der Waals surface area contributed by atoms with Crippen molar-refractivity contribution in [3.63, 3.8) is 0 Å². The molecule has 1 aromatic heterocycles. The number of anilines is 2. The van der Waals surface area contributed by atoms with Gasteiger partial charge in [0.05, 0.1) is 5.56 Å². The van der Waals surface area contributed by atoms with E-state index < -0.39 is 12.0 Å². The lowest BCUT2D eigenvalue weighted by Crippen LogP contribution is -2.34. The van der Waals surface area contributed by atoms with Crippen molar-refractivity contribution in [2.45, 2.75) is 0 Å². The maximum Gasteiger partial charge on any atom is 0.415 e. The predicted octanol–water partition coefficient (Wildman–Crippen LogP) is 0.488. The summed E-state index contributed by atoms with van der Waals surface area (Å²) in [7, 11) is 3.22. The van der Waals surface area contributed by atoms with Crippen LogP contribution in [0, 0.1) is 0 Å². The van der Waals surface area contributed by atoms with E-state index in [1.807, 2.05) is 0 Å². The molecule has 5 N–H and O–H groups in total. The second-order valence-electron chi connectivity index (χ2n) is 4.79. The third kappa shape index (κ3) is 4.20. The molecule has 10 nitrogen and oxygen atoms in total. The van der Waals surface area contributed by atoms with Crippen molar-refractivity contribution < 1.29 is 14.3 Å². The van der Waals surface area contributed by atoms with E-state index in [4.69, 9.17) is 10.5 Å². The van der Waals surface area contributed by atoms with Gasteiger partial charge in [-0.3, -0.25) is 10.1 Å². The molecule has 10 heteroatoms. The Bertz CT molecular complexity index is 716. The number of aromatic nitrogens is 3. The SMILES string of the molecule is CNc1n[nH]c(NC(=O)c2ccccc2OC(=O)N(C)CCN)n1. The molecule has 1 aromatic carbocycles. The average Bonchev–Trinajstić information content (AvgIpc) is 3.03. The van der Waals surface area contributed by atoms with Gasteiger partial charge in [-0.15, -0.1) is 5.10 Å². The van der Waals surface area contributed by atoms with E-state index in [1.165, 1.54) is 17.0 Å². The lowest BCUT2D eigenvalue weighted by molar-refractivity contribution is 0.102. The topological polar surface area (TPSA) is 138 Å². The second kappa shape index (κ2) is 7.92. The highest BCUT2D eigenvalue weighted by molar-refractivity contribution is 6.05. The van der Waals surface area contributed by atoms with Gasteiger partial charge in [-0.05, 0) is 12.1 Å². The molecule has 0 radical (unpaired) electrons. The summed E-state index contributed by atoms with van der Waals surface area (Å²) in [5.41, 5.74) is 5.59. The molecule has 1 heterocycles. The van der Waals surface area contributed by atoms with E-state index in [2.05, 4.69) is 25.8 Å². The largest absolute Gasteiger partial charge is 0.415 e. The molecule has 0 aliphatic heterocycles. The van der Waals surface area contributed by atoms with Gasteiger partial charge >= 0.3 is 6.09 Å². The first-order valence-electron chi connectivity index (χ1n) is 7.18. The van der Waals surface area contributed by atoms with Crippen molar-refractivity contribution in [2.75, 3.05) is 37.8 Å². The average molecular weight is 333 g/mol. The van der Waals surface area contributed by atoms with E-state index in [1.54, 1.807) is 26.2 Å². The number of carbonyl (C=O) groups is 2. The van der Waals surface area contributed by atoms with Crippen LogP contribution >= 0.6 is 0 Å². The molecule has 0 spiro atoms. The Balaban J connectivity index is 2.12. The van der Waals surface area contributed by atoms with Crippen molar-refractivity contribution in [3.05, 3.63) is 29.8 Å². The van der Waals surface area contributed by atoms with Crippen molar-refractivity contribution in [3.8, 4) is 5.75 Å². The normalized spacial score (nSPS) is 10.1. The zero-order valence-corrected chi connectivity index (χ0v) is 13.4. The molecule has 2 amide bonds. The lowest BCUT2D eigenvalue weighted by atomic mass is 10.2. The van der Waals surface area contributed by atoms with Gasteiger partial charge in [-0.2, -0.15) is 4.98 Å². The Morgan fingerprint density at radius 3 is 2.79 bits per heavy atom. The van der Waals surface area contributed by atoms with Gasteiger partial charge in [0.25, 0.3) is 5.91 Å². The number of ether oxygens (including phenoxy) is 1. The fraction of sp³-hybridized carbons (Fsp3) is 0.286. The van der Waals surface area contributed by atoms with Crippen molar-refractivity contribution in [1.82, 2.24) is 20.1 Å². The van der Waals surface area contributed by atoms with E-state index in [9.17, 15) is 9.59 Å². The minimum atomic E-state index is -0.599. The number of H-pyrrole nitrogens is 1. The molecular weight excluding hydrogens is 314 g/mol. The minimum absolute atomic E-state index is 0.136. The number of benzene rings is 1. The third-order valence-corrected chi connectivity index (χ3v) is 3.05. The molecule has 0 atom stereocenters. The van der Waals surface area contributed by atoms with Crippen LogP contribution in [0.2, 0.25) is 0 Å². The molecule has 2 rings (SSSR count). The lowest BCUT2D eigenvalue weighted by Gasteiger charge is -2.16. The maximum absolute atomic E-state index is 12.4. The summed E-state index contributed by atoms with van der Waals surface area (Å²) in [4.78, 5) is 29.6. The quantitative estimate of drug-likeness (QED) is 0.603. The Morgan fingerprint density at radius 2 is 2.12 bits per heavy atom. The molecule has 0 saturated heterocycles. The highest BCUT2D eigenvalue weighted by atomic mass is 16.6.